The maximum atomic E-state index is 11.7. The second kappa shape index (κ2) is 4.49. The summed E-state index contributed by atoms with van der Waals surface area (Å²) in [4.78, 5) is 23.3. The number of ether oxygens (including phenoxy) is 2. The highest BCUT2D eigenvalue weighted by atomic mass is 16.6. The van der Waals surface area contributed by atoms with Crippen LogP contribution in [0.15, 0.2) is 12.2 Å². The van der Waals surface area contributed by atoms with Gasteiger partial charge >= 0.3 is 11.9 Å². The van der Waals surface area contributed by atoms with E-state index >= 15 is 0 Å². The molecule has 2 aliphatic rings. The van der Waals surface area contributed by atoms with E-state index in [1.54, 1.807) is 0 Å². The molecule has 0 aromatic heterocycles. The molecule has 0 spiro atoms. The molecule has 3 atom stereocenters. The Labute approximate surface area is 99.4 Å². The molecule has 0 aromatic carbocycles. The van der Waals surface area contributed by atoms with Crippen molar-refractivity contribution in [3.05, 3.63) is 12.2 Å². The fourth-order valence-electron chi connectivity index (χ4n) is 2.55. The summed E-state index contributed by atoms with van der Waals surface area (Å²) < 4.78 is 9.64. The molecule has 0 radical (unpaired) electrons. The van der Waals surface area contributed by atoms with Gasteiger partial charge in [-0.2, -0.15) is 0 Å². The van der Waals surface area contributed by atoms with Gasteiger partial charge in [-0.3, -0.25) is 0 Å². The lowest BCUT2D eigenvalue weighted by Crippen LogP contribution is -2.50. The lowest BCUT2D eigenvalue weighted by Gasteiger charge is -2.25. The Hall–Kier alpha value is -1.36. The summed E-state index contributed by atoms with van der Waals surface area (Å²) in [6, 6.07) is 0. The third kappa shape index (κ3) is 1.84. The highest BCUT2D eigenvalue weighted by Crippen LogP contribution is 2.39. The van der Waals surface area contributed by atoms with E-state index in [1.807, 2.05) is 12.2 Å². The van der Waals surface area contributed by atoms with Crippen LogP contribution in [0.5, 0.6) is 0 Å². The van der Waals surface area contributed by atoms with E-state index < -0.39 is 29.6 Å². The number of aliphatic hydroxyl groups is 1. The highest BCUT2D eigenvalue weighted by molar-refractivity contribution is 6.05. The number of fused-ring (bicyclic) bond motifs is 1. The van der Waals surface area contributed by atoms with Gasteiger partial charge in [0.1, 0.15) is 6.10 Å². The molecule has 5 nitrogen and oxygen atoms in total. The van der Waals surface area contributed by atoms with Crippen molar-refractivity contribution in [2.45, 2.75) is 37.4 Å². The van der Waals surface area contributed by atoms with Crippen molar-refractivity contribution in [3.63, 3.8) is 0 Å². The molecule has 0 saturated carbocycles. The van der Waals surface area contributed by atoms with Gasteiger partial charge < -0.3 is 14.6 Å². The molecule has 1 N–H and O–H groups in total. The Kier molecular flexibility index (Phi) is 3.19. The molecule has 1 aliphatic carbocycles. The number of carbonyl (C=O) groups is 2. The molecule has 94 valence electrons. The number of rotatable bonds is 1. The van der Waals surface area contributed by atoms with Crippen molar-refractivity contribution in [2.24, 2.45) is 5.92 Å². The van der Waals surface area contributed by atoms with Gasteiger partial charge in [0, 0.05) is 5.92 Å². The van der Waals surface area contributed by atoms with Crippen molar-refractivity contribution < 1.29 is 24.2 Å². The van der Waals surface area contributed by atoms with E-state index in [1.165, 1.54) is 0 Å². The third-order valence-electron chi connectivity index (χ3n) is 3.48. The van der Waals surface area contributed by atoms with Crippen molar-refractivity contribution in [3.8, 4) is 0 Å². The van der Waals surface area contributed by atoms with Crippen molar-refractivity contribution >= 4 is 11.9 Å². The number of hydrogen-bond acceptors (Lipinski definition) is 5. The van der Waals surface area contributed by atoms with Crippen LogP contribution in [0.1, 0.15) is 25.7 Å². The molecule has 0 unspecified atom stereocenters. The van der Waals surface area contributed by atoms with Crippen LogP contribution < -0.4 is 0 Å². The normalized spacial score (nSPS) is 38.6. The van der Waals surface area contributed by atoms with Crippen LogP contribution in [0.3, 0.4) is 0 Å². The second-order valence-electron chi connectivity index (χ2n) is 4.43. The fourth-order valence-corrected chi connectivity index (χ4v) is 2.55. The lowest BCUT2D eigenvalue weighted by molar-refractivity contribution is -0.175. The number of allylic oxidation sites excluding steroid dienone is 2. The minimum absolute atomic E-state index is 0.392. The summed E-state index contributed by atoms with van der Waals surface area (Å²) in [5.74, 6) is -2.30. The average molecular weight is 240 g/mol. The average Bonchev–Trinajstić information content (AvgIpc) is 2.52. The largest absolute Gasteiger partial charge is 0.466 e. The van der Waals surface area contributed by atoms with Crippen LogP contribution in [-0.2, 0) is 19.1 Å². The van der Waals surface area contributed by atoms with Gasteiger partial charge in [0.2, 0.25) is 0 Å². The quantitative estimate of drug-likeness (QED) is 0.412. The van der Waals surface area contributed by atoms with Crippen molar-refractivity contribution in [2.75, 3.05) is 7.11 Å². The van der Waals surface area contributed by atoms with Gasteiger partial charge in [0.25, 0.3) is 5.60 Å². The molecule has 1 saturated heterocycles. The number of hydrogen-bond donors (Lipinski definition) is 1. The van der Waals surface area contributed by atoms with E-state index in [0.29, 0.717) is 12.8 Å². The molecular weight excluding hydrogens is 224 g/mol. The van der Waals surface area contributed by atoms with Crippen molar-refractivity contribution in [1.29, 1.82) is 0 Å². The topological polar surface area (TPSA) is 72.8 Å². The minimum Gasteiger partial charge on any atom is -0.466 e. The Balaban J connectivity index is 2.29. The first-order valence-corrected chi connectivity index (χ1v) is 5.77. The van der Waals surface area contributed by atoms with Crippen LogP contribution in [0.25, 0.3) is 0 Å². The van der Waals surface area contributed by atoms with Crippen LogP contribution in [0.4, 0.5) is 0 Å². The standard InChI is InChI=1S/C12H16O5/c1-16-10(13)12(15)8-6-4-2-3-5-7-9(8)17-11(12)14/h2-3,8-9,15H,4-7H2,1H3/b3-2-/t8-,9-,12+/m1/s1. The minimum atomic E-state index is -2.12. The predicted molar refractivity (Wildman–Crippen MR) is 57.9 cm³/mol. The number of carbonyl (C=O) groups excluding carboxylic acids is 2. The maximum absolute atomic E-state index is 11.7. The Morgan fingerprint density at radius 1 is 1.47 bits per heavy atom. The second-order valence-corrected chi connectivity index (χ2v) is 4.43. The van der Waals surface area contributed by atoms with E-state index in [4.69, 9.17) is 4.74 Å². The van der Waals surface area contributed by atoms with Gasteiger partial charge in [0.05, 0.1) is 7.11 Å². The van der Waals surface area contributed by atoms with Gasteiger partial charge in [-0.05, 0) is 25.7 Å². The summed E-state index contributed by atoms with van der Waals surface area (Å²) >= 11 is 0. The smallest absolute Gasteiger partial charge is 0.350 e. The van der Waals surface area contributed by atoms with Gasteiger partial charge in [0.15, 0.2) is 0 Å². The van der Waals surface area contributed by atoms with Crippen LogP contribution in [0.2, 0.25) is 0 Å². The summed E-state index contributed by atoms with van der Waals surface area (Å²) in [6.45, 7) is 0. The predicted octanol–water partition coefficient (Wildman–Crippen LogP) is 0.562. The molecule has 1 fully saturated rings. The van der Waals surface area contributed by atoms with Gasteiger partial charge in [-0.1, -0.05) is 12.2 Å². The Morgan fingerprint density at radius 3 is 2.76 bits per heavy atom. The summed E-state index contributed by atoms with van der Waals surface area (Å²) in [6.07, 6.45) is 6.31. The number of methoxy groups -OCH3 is 1. The lowest BCUT2D eigenvalue weighted by atomic mass is 9.80. The summed E-state index contributed by atoms with van der Waals surface area (Å²) in [5, 5.41) is 10.3. The zero-order valence-corrected chi connectivity index (χ0v) is 9.72. The zero-order valence-electron chi connectivity index (χ0n) is 9.72. The monoisotopic (exact) mass is 240 g/mol. The van der Waals surface area contributed by atoms with Crippen molar-refractivity contribution in [1.82, 2.24) is 0 Å². The Bertz CT molecular complexity index is 362. The van der Waals surface area contributed by atoms with Gasteiger partial charge in [-0.25, -0.2) is 9.59 Å². The van der Waals surface area contributed by atoms with Gasteiger partial charge in [-0.15, -0.1) is 0 Å². The van der Waals surface area contributed by atoms with Crippen LogP contribution in [-0.4, -0.2) is 35.9 Å². The maximum Gasteiger partial charge on any atom is 0.350 e. The number of esters is 2. The molecule has 5 heteroatoms. The van der Waals surface area contributed by atoms with E-state index in [2.05, 4.69) is 4.74 Å². The molecule has 17 heavy (non-hydrogen) atoms. The Morgan fingerprint density at radius 2 is 2.12 bits per heavy atom. The first kappa shape index (κ1) is 12.1. The molecular formula is C12H16O5. The molecule has 1 heterocycles. The SMILES string of the molecule is COC(=O)[C@]1(O)C(=O)O[C@@H]2CC/C=C\CC[C@H]21. The fraction of sp³-hybridized carbons (Fsp3) is 0.667. The molecule has 2 rings (SSSR count). The molecule has 0 aromatic rings. The summed E-state index contributed by atoms with van der Waals surface area (Å²) in [7, 11) is 1.16. The summed E-state index contributed by atoms with van der Waals surface area (Å²) in [5.41, 5.74) is -2.12. The highest BCUT2D eigenvalue weighted by Gasteiger charge is 2.61. The molecule has 1 aliphatic heterocycles. The molecule has 0 amide bonds. The van der Waals surface area contributed by atoms with E-state index in [9.17, 15) is 14.7 Å². The molecule has 0 bridgehead atoms. The van der Waals surface area contributed by atoms with E-state index in [0.717, 1.165) is 20.0 Å². The first-order chi connectivity index (χ1) is 8.10. The van der Waals surface area contributed by atoms with E-state index in [-0.39, 0.29) is 0 Å². The van der Waals surface area contributed by atoms with Crippen LogP contribution >= 0.6 is 0 Å². The first-order valence-electron chi connectivity index (χ1n) is 5.77. The van der Waals surface area contributed by atoms with Crippen LogP contribution in [0, 0.1) is 5.92 Å². The third-order valence-corrected chi connectivity index (χ3v) is 3.48. The zero-order chi connectivity index (χ0) is 12.5.